The Morgan fingerprint density at radius 2 is 2.10 bits per heavy atom. The first-order chi connectivity index (χ1) is 14.0. The Labute approximate surface area is 169 Å². The second-order valence-electron chi connectivity index (χ2n) is 8.08. The van der Waals surface area contributed by atoms with Gasteiger partial charge >= 0.3 is 6.03 Å². The fourth-order valence-corrected chi connectivity index (χ4v) is 4.24. The fourth-order valence-electron chi connectivity index (χ4n) is 4.24. The van der Waals surface area contributed by atoms with Gasteiger partial charge in [0.15, 0.2) is 0 Å². The maximum Gasteiger partial charge on any atom is 0.315 e. The number of benzene rings is 1. The number of fused-ring (bicyclic) bond motifs is 1. The number of urea groups is 1. The lowest BCUT2D eigenvalue weighted by molar-refractivity contribution is 0.224. The molecule has 0 aliphatic carbocycles. The predicted molar refractivity (Wildman–Crippen MR) is 106 cm³/mol. The fraction of sp³-hybridized carbons (Fsp3) is 0.524. The maximum atomic E-state index is 14.1. The molecule has 0 bridgehead atoms. The summed E-state index contributed by atoms with van der Waals surface area (Å²) in [7, 11) is 0. The molecule has 1 aromatic heterocycles. The van der Waals surface area contributed by atoms with Crippen molar-refractivity contribution in [3.63, 3.8) is 0 Å². The minimum atomic E-state index is -0.624. The van der Waals surface area contributed by atoms with Crippen molar-refractivity contribution in [2.75, 3.05) is 19.6 Å². The number of halogens is 2. The van der Waals surface area contributed by atoms with E-state index in [1.807, 2.05) is 11.5 Å². The van der Waals surface area contributed by atoms with E-state index in [4.69, 9.17) is 0 Å². The highest BCUT2D eigenvalue weighted by Crippen LogP contribution is 2.25. The number of hydrogen-bond acceptors (Lipinski definition) is 3. The van der Waals surface area contributed by atoms with Gasteiger partial charge in [0.05, 0.1) is 5.69 Å². The molecule has 1 fully saturated rings. The Hall–Kier alpha value is -2.48. The average Bonchev–Trinajstić information content (AvgIpc) is 3.30. The van der Waals surface area contributed by atoms with Gasteiger partial charge in [-0.1, -0.05) is 0 Å². The van der Waals surface area contributed by atoms with E-state index in [2.05, 4.69) is 20.5 Å². The summed E-state index contributed by atoms with van der Waals surface area (Å²) in [6.45, 7) is 5.69. The SMILES string of the molecule is C[C@@H](CN1CCCC1)NC(=O)NC1CCc2nc(-c3ccc(F)cc3F)cn2C1. The largest absolute Gasteiger partial charge is 0.334 e. The molecule has 2 amide bonds. The van der Waals surface area contributed by atoms with Crippen molar-refractivity contribution in [3.8, 4) is 11.3 Å². The van der Waals surface area contributed by atoms with Crippen LogP contribution in [0.1, 0.15) is 32.0 Å². The minimum absolute atomic E-state index is 0.0124. The summed E-state index contributed by atoms with van der Waals surface area (Å²) >= 11 is 0. The Morgan fingerprint density at radius 1 is 1.31 bits per heavy atom. The number of carbonyl (C=O) groups excluding carboxylic acids is 1. The smallest absolute Gasteiger partial charge is 0.315 e. The van der Waals surface area contributed by atoms with Crippen molar-refractivity contribution in [3.05, 3.63) is 41.9 Å². The second-order valence-corrected chi connectivity index (χ2v) is 8.08. The van der Waals surface area contributed by atoms with Gasteiger partial charge in [0.1, 0.15) is 17.5 Å². The van der Waals surface area contributed by atoms with Crippen LogP contribution in [0.4, 0.5) is 13.6 Å². The van der Waals surface area contributed by atoms with Crippen LogP contribution < -0.4 is 10.6 Å². The van der Waals surface area contributed by atoms with Crippen LogP contribution in [0.5, 0.6) is 0 Å². The van der Waals surface area contributed by atoms with Gasteiger partial charge in [-0.05, 0) is 51.4 Å². The highest BCUT2D eigenvalue weighted by atomic mass is 19.1. The van der Waals surface area contributed by atoms with E-state index >= 15 is 0 Å². The molecule has 3 heterocycles. The lowest BCUT2D eigenvalue weighted by Crippen LogP contribution is -2.50. The molecule has 2 aliphatic rings. The van der Waals surface area contributed by atoms with E-state index in [9.17, 15) is 13.6 Å². The molecule has 0 spiro atoms. The minimum Gasteiger partial charge on any atom is -0.334 e. The number of rotatable bonds is 5. The number of likely N-dealkylation sites (tertiary alicyclic amines) is 1. The number of aryl methyl sites for hydroxylation is 1. The third-order valence-electron chi connectivity index (χ3n) is 5.64. The van der Waals surface area contributed by atoms with Crippen LogP contribution in [0.3, 0.4) is 0 Å². The third-order valence-corrected chi connectivity index (χ3v) is 5.64. The summed E-state index contributed by atoms with van der Waals surface area (Å²) in [6.07, 6.45) is 5.71. The van der Waals surface area contributed by atoms with Crippen LogP contribution in [0, 0.1) is 11.6 Å². The van der Waals surface area contributed by atoms with Crippen molar-refractivity contribution in [2.45, 2.75) is 51.2 Å². The van der Waals surface area contributed by atoms with Gasteiger partial charge in [-0.15, -0.1) is 0 Å². The number of imidazole rings is 1. The van der Waals surface area contributed by atoms with Crippen molar-refractivity contribution in [2.24, 2.45) is 0 Å². The molecule has 8 heteroatoms. The van der Waals surface area contributed by atoms with Crippen molar-refractivity contribution >= 4 is 6.03 Å². The predicted octanol–water partition coefficient (Wildman–Crippen LogP) is 2.93. The Bertz CT molecular complexity index is 878. The van der Waals surface area contributed by atoms with E-state index < -0.39 is 11.6 Å². The number of amides is 2. The molecule has 0 radical (unpaired) electrons. The van der Waals surface area contributed by atoms with Gasteiger partial charge in [0.2, 0.25) is 0 Å². The van der Waals surface area contributed by atoms with Crippen LogP contribution in [0.25, 0.3) is 11.3 Å². The monoisotopic (exact) mass is 403 g/mol. The van der Waals surface area contributed by atoms with Crippen LogP contribution >= 0.6 is 0 Å². The second kappa shape index (κ2) is 8.49. The zero-order chi connectivity index (χ0) is 20.4. The number of carbonyl (C=O) groups is 1. The molecular formula is C21H27F2N5O. The summed E-state index contributed by atoms with van der Waals surface area (Å²) in [4.78, 5) is 19.2. The van der Waals surface area contributed by atoms with E-state index in [0.717, 1.165) is 37.9 Å². The van der Waals surface area contributed by atoms with Gasteiger partial charge in [0.25, 0.3) is 0 Å². The topological polar surface area (TPSA) is 62.2 Å². The number of nitrogens with one attached hydrogen (secondary N) is 2. The molecule has 1 saturated heterocycles. The Kier molecular flexibility index (Phi) is 5.80. The zero-order valence-corrected chi connectivity index (χ0v) is 16.6. The first kappa shape index (κ1) is 19.8. The van der Waals surface area contributed by atoms with Gasteiger partial charge in [-0.2, -0.15) is 0 Å². The first-order valence-electron chi connectivity index (χ1n) is 10.3. The molecule has 4 rings (SSSR count). The molecular weight excluding hydrogens is 376 g/mol. The zero-order valence-electron chi connectivity index (χ0n) is 16.6. The molecule has 156 valence electrons. The quantitative estimate of drug-likeness (QED) is 0.807. The summed E-state index contributed by atoms with van der Waals surface area (Å²) in [5, 5.41) is 6.06. The molecule has 2 aromatic rings. The number of nitrogens with zero attached hydrogens (tertiary/aromatic N) is 3. The van der Waals surface area contributed by atoms with Gasteiger partial charge < -0.3 is 20.1 Å². The Balaban J connectivity index is 1.33. The van der Waals surface area contributed by atoms with Gasteiger partial charge in [-0.25, -0.2) is 18.6 Å². The maximum absolute atomic E-state index is 14.1. The molecule has 2 atom stereocenters. The van der Waals surface area contributed by atoms with Gasteiger partial charge in [0, 0.05) is 49.4 Å². The standard InChI is InChI=1S/C21H27F2N5O/c1-14(11-27-8-2-3-9-27)24-21(29)25-16-5-7-20-26-19(13-28(20)12-16)17-6-4-15(22)10-18(17)23/h4,6,10,13-14,16H,2-3,5,7-9,11-12H2,1H3,(H2,24,25,29)/t14-,16?/m0/s1. The van der Waals surface area contributed by atoms with E-state index in [1.165, 1.54) is 25.0 Å². The summed E-state index contributed by atoms with van der Waals surface area (Å²) in [5.74, 6) is -0.379. The molecule has 0 saturated carbocycles. The third kappa shape index (κ3) is 4.75. The van der Waals surface area contributed by atoms with E-state index in [0.29, 0.717) is 18.7 Å². The molecule has 2 N–H and O–H groups in total. The number of hydrogen-bond donors (Lipinski definition) is 2. The summed E-state index contributed by atoms with van der Waals surface area (Å²) in [5.41, 5.74) is 0.771. The Morgan fingerprint density at radius 3 is 2.86 bits per heavy atom. The van der Waals surface area contributed by atoms with Crippen LogP contribution in [0.15, 0.2) is 24.4 Å². The molecule has 2 aliphatic heterocycles. The lowest BCUT2D eigenvalue weighted by atomic mass is 10.1. The lowest BCUT2D eigenvalue weighted by Gasteiger charge is -2.26. The molecule has 1 aromatic carbocycles. The molecule has 29 heavy (non-hydrogen) atoms. The van der Waals surface area contributed by atoms with Crippen molar-refractivity contribution < 1.29 is 13.6 Å². The van der Waals surface area contributed by atoms with E-state index in [1.54, 1.807) is 6.20 Å². The van der Waals surface area contributed by atoms with Crippen LogP contribution in [-0.2, 0) is 13.0 Å². The van der Waals surface area contributed by atoms with Crippen molar-refractivity contribution in [1.29, 1.82) is 0 Å². The summed E-state index contributed by atoms with van der Waals surface area (Å²) < 4.78 is 29.2. The molecule has 1 unspecified atom stereocenters. The molecule has 6 nitrogen and oxygen atoms in total. The highest BCUT2D eigenvalue weighted by molar-refractivity contribution is 5.74. The average molecular weight is 403 g/mol. The van der Waals surface area contributed by atoms with Crippen molar-refractivity contribution in [1.82, 2.24) is 25.1 Å². The number of aromatic nitrogens is 2. The van der Waals surface area contributed by atoms with Crippen LogP contribution in [-0.4, -0.2) is 52.2 Å². The van der Waals surface area contributed by atoms with Crippen LogP contribution in [0.2, 0.25) is 0 Å². The summed E-state index contributed by atoms with van der Waals surface area (Å²) in [6, 6.07) is 3.43. The van der Waals surface area contributed by atoms with Gasteiger partial charge in [-0.3, -0.25) is 0 Å². The normalized spacial score (nSPS) is 20.3. The first-order valence-corrected chi connectivity index (χ1v) is 10.3. The highest BCUT2D eigenvalue weighted by Gasteiger charge is 2.24. The van der Waals surface area contributed by atoms with E-state index in [-0.39, 0.29) is 23.7 Å².